The number of rotatable bonds is 10. The van der Waals surface area contributed by atoms with Gasteiger partial charge in [0.05, 0.1) is 13.0 Å². The summed E-state index contributed by atoms with van der Waals surface area (Å²) in [5, 5.41) is 29.7. The van der Waals surface area contributed by atoms with E-state index in [1.54, 1.807) is 13.8 Å². The van der Waals surface area contributed by atoms with Gasteiger partial charge in [0.2, 0.25) is 59.1 Å². The second-order valence-electron chi connectivity index (χ2n) is 18.4. The molecule has 0 spiro atoms. The molecular weight excluding hydrogens is 891 g/mol. The molecule has 3 rings (SSSR count). The van der Waals surface area contributed by atoms with Gasteiger partial charge in [-0.1, -0.05) is 27.7 Å². The first-order chi connectivity index (χ1) is 31.9. The van der Waals surface area contributed by atoms with E-state index < -0.39 is 132 Å². The van der Waals surface area contributed by atoms with Gasteiger partial charge in [0.25, 0.3) is 0 Å². The van der Waals surface area contributed by atoms with Crippen LogP contribution in [0.5, 0.6) is 0 Å². The number of hydrogen-bond acceptors (Lipinski definition) is 12. The van der Waals surface area contributed by atoms with Crippen LogP contribution in [0.4, 0.5) is 0 Å². The van der Waals surface area contributed by atoms with Crippen molar-refractivity contribution in [1.82, 2.24) is 52.3 Å². The molecule has 3 aliphatic heterocycles. The van der Waals surface area contributed by atoms with E-state index in [4.69, 9.17) is 11.5 Å². The Morgan fingerprint density at radius 1 is 0.603 bits per heavy atom. The molecule has 0 aromatic heterocycles. The largest absolute Gasteiger partial charge is 0.481 e. The van der Waals surface area contributed by atoms with E-state index in [0.29, 0.717) is 12.8 Å². The van der Waals surface area contributed by atoms with Crippen molar-refractivity contribution < 1.29 is 57.8 Å². The summed E-state index contributed by atoms with van der Waals surface area (Å²) in [5.41, 5.74) is 10.8. The van der Waals surface area contributed by atoms with Crippen molar-refractivity contribution in [2.45, 2.75) is 161 Å². The highest BCUT2D eigenvalue weighted by atomic mass is 16.4. The molecule has 0 saturated carbocycles. The number of amides is 10. The number of carboxylic acids is 1. The van der Waals surface area contributed by atoms with Crippen LogP contribution >= 0.6 is 0 Å². The third-order valence-electron chi connectivity index (χ3n) is 11.6. The van der Waals surface area contributed by atoms with Gasteiger partial charge in [0.1, 0.15) is 54.4 Å². The van der Waals surface area contributed by atoms with Crippen LogP contribution in [0, 0.1) is 11.8 Å². The number of guanidine groups is 1. The van der Waals surface area contributed by atoms with Crippen molar-refractivity contribution in [3.63, 3.8) is 0 Å². The smallest absolute Gasteiger partial charge is 0.305 e. The molecular formula is C43H71N13O12. The van der Waals surface area contributed by atoms with Gasteiger partial charge in [-0.05, 0) is 84.0 Å². The monoisotopic (exact) mass is 962 g/mol. The number of fused-ring (bicyclic) bond motifs is 2. The van der Waals surface area contributed by atoms with Gasteiger partial charge in [-0.2, -0.15) is 0 Å². The van der Waals surface area contributed by atoms with Crippen LogP contribution in [-0.2, 0) is 52.7 Å². The Morgan fingerprint density at radius 3 is 1.62 bits per heavy atom. The molecule has 3 aliphatic rings. The Bertz CT molecular complexity index is 1930. The second-order valence-corrected chi connectivity index (χ2v) is 18.4. The fraction of sp³-hybridized carbons (Fsp3) is 0.721. The minimum absolute atomic E-state index is 0.0534. The molecule has 0 aromatic rings. The molecule has 3 fully saturated rings. The topological polar surface area (TPSA) is 375 Å². The summed E-state index contributed by atoms with van der Waals surface area (Å²) in [5.74, 6) is -9.71. The second kappa shape index (κ2) is 26.1. The van der Waals surface area contributed by atoms with Gasteiger partial charge in [0.15, 0.2) is 5.96 Å². The summed E-state index contributed by atoms with van der Waals surface area (Å²) < 4.78 is 0. The molecule has 0 bridgehead atoms. The first-order valence-electron chi connectivity index (χ1n) is 23.2. The number of carbonyl (C=O) groups is 11. The lowest BCUT2D eigenvalue weighted by molar-refractivity contribution is -0.148. The highest BCUT2D eigenvalue weighted by molar-refractivity contribution is 5.99. The third-order valence-corrected chi connectivity index (χ3v) is 11.6. The maximum absolute atomic E-state index is 14.3. The van der Waals surface area contributed by atoms with Crippen molar-refractivity contribution in [1.29, 1.82) is 0 Å². The lowest BCUT2D eigenvalue weighted by atomic mass is 10.0. The number of nitrogens with two attached hydrogens (primary N) is 2. The summed E-state index contributed by atoms with van der Waals surface area (Å²) in [7, 11) is 0. The SMILES string of the molecule is CC(C)C[C@@H]1NC(=O)[C@@H]2CCCN2C(=O)[C@H]2CCCN2C(=O)[C@H](CC(C)C)NC(=O)[C@H](CC(=O)O)NC(=O)CNC(=O)[C@H](CCCN=C(N)N)NC(=O)[C@H](C)NC(=O)[C@H](C)NC(=O)[C@H](C)NC1=O. The average molecular weight is 962 g/mol. The minimum atomic E-state index is -1.73. The van der Waals surface area contributed by atoms with Crippen LogP contribution in [0.2, 0.25) is 0 Å². The van der Waals surface area contributed by atoms with Crippen LogP contribution in [0.3, 0.4) is 0 Å². The lowest BCUT2D eigenvalue weighted by Gasteiger charge is -2.34. The number of carbonyl (C=O) groups excluding carboxylic acids is 10. The molecule has 25 heteroatoms. The molecule has 0 aromatic carbocycles. The molecule has 380 valence electrons. The average Bonchev–Trinajstić information content (AvgIpc) is 3.95. The van der Waals surface area contributed by atoms with Crippen LogP contribution < -0.4 is 54.0 Å². The van der Waals surface area contributed by atoms with Crippen LogP contribution in [-0.4, -0.2) is 166 Å². The van der Waals surface area contributed by atoms with E-state index in [0.717, 1.165) is 0 Å². The summed E-state index contributed by atoms with van der Waals surface area (Å²) >= 11 is 0. The highest BCUT2D eigenvalue weighted by Gasteiger charge is 2.44. The molecule has 0 unspecified atom stereocenters. The van der Waals surface area contributed by atoms with E-state index in [1.165, 1.54) is 30.6 Å². The molecule has 68 heavy (non-hydrogen) atoms. The van der Waals surface area contributed by atoms with Gasteiger partial charge in [-0.3, -0.25) is 57.7 Å². The molecule has 13 N–H and O–H groups in total. The predicted molar refractivity (Wildman–Crippen MR) is 244 cm³/mol. The normalized spacial score (nSPS) is 28.2. The zero-order valence-corrected chi connectivity index (χ0v) is 40.0. The van der Waals surface area contributed by atoms with Gasteiger partial charge in [-0.15, -0.1) is 0 Å². The predicted octanol–water partition coefficient (Wildman–Crippen LogP) is -3.83. The standard InChI is InChI=1S/C43H71N13O12/c1-21(2)17-27-38(64)50-24(6)35(61)48-23(5)34(60)49-25(7)36(62)52-26(11-8-14-46-43(44)45)37(63)47-20-32(57)51-28(19-33(58)59)39(65)54-29(18-22(3)4)41(67)56-16-10-13-31(56)42(68)55-15-9-12-30(55)40(66)53-27/h21-31H,8-20H2,1-7H3,(H,47,63)(H,48,61)(H,49,60)(H,50,64)(H,51,57)(H,52,62)(H,53,66)(H,54,65)(H,58,59)(H4,44,45,46)/t23-,24-,25-,26-,27-,28-,29-,30-,31+/m0/s1. The Balaban J connectivity index is 2.00. The maximum atomic E-state index is 14.3. The molecule has 25 nitrogen and oxygen atoms in total. The number of nitrogens with one attached hydrogen (secondary N) is 8. The van der Waals surface area contributed by atoms with Gasteiger partial charge in [-0.25, -0.2) is 0 Å². The van der Waals surface area contributed by atoms with Crippen molar-refractivity contribution in [2.24, 2.45) is 28.3 Å². The fourth-order valence-corrected chi connectivity index (χ4v) is 8.09. The fourth-order valence-electron chi connectivity index (χ4n) is 8.09. The number of hydrogen-bond donors (Lipinski definition) is 11. The van der Waals surface area contributed by atoms with Crippen molar-refractivity contribution >= 4 is 71.0 Å². The van der Waals surface area contributed by atoms with E-state index in [2.05, 4.69) is 47.5 Å². The first kappa shape index (κ1) is 55.8. The van der Waals surface area contributed by atoms with E-state index in [-0.39, 0.29) is 76.0 Å². The summed E-state index contributed by atoms with van der Waals surface area (Å²) in [6.45, 7) is 10.9. The highest BCUT2D eigenvalue weighted by Crippen LogP contribution is 2.27. The summed E-state index contributed by atoms with van der Waals surface area (Å²) in [4.78, 5) is 155. The molecule has 0 radical (unpaired) electrons. The molecule has 3 heterocycles. The number of carboxylic acid groups (broad SMARTS) is 1. The summed E-state index contributed by atoms with van der Waals surface area (Å²) in [6, 6.07) is -11.2. The Labute approximate surface area is 395 Å². The van der Waals surface area contributed by atoms with E-state index >= 15 is 0 Å². The maximum Gasteiger partial charge on any atom is 0.305 e. The summed E-state index contributed by atoms with van der Waals surface area (Å²) in [6.07, 6.45) is 0.800. The van der Waals surface area contributed by atoms with Crippen molar-refractivity contribution in [3.8, 4) is 0 Å². The van der Waals surface area contributed by atoms with E-state index in [9.17, 15) is 57.8 Å². The van der Waals surface area contributed by atoms with Gasteiger partial charge < -0.3 is 68.9 Å². The van der Waals surface area contributed by atoms with Gasteiger partial charge >= 0.3 is 5.97 Å². The molecule has 3 saturated heterocycles. The Kier molecular flexibility index (Phi) is 21.4. The van der Waals surface area contributed by atoms with Crippen LogP contribution in [0.1, 0.15) is 106 Å². The zero-order valence-electron chi connectivity index (χ0n) is 40.0. The minimum Gasteiger partial charge on any atom is -0.481 e. The molecule has 9 atom stereocenters. The zero-order chi connectivity index (χ0) is 51.0. The third kappa shape index (κ3) is 16.9. The van der Waals surface area contributed by atoms with Crippen molar-refractivity contribution in [3.05, 3.63) is 0 Å². The number of aliphatic imine (C=N–C) groups is 1. The van der Waals surface area contributed by atoms with E-state index in [1.807, 2.05) is 13.8 Å². The molecule has 0 aliphatic carbocycles. The first-order valence-corrected chi connectivity index (χ1v) is 23.2. The van der Waals surface area contributed by atoms with Crippen molar-refractivity contribution in [2.75, 3.05) is 26.2 Å². The Morgan fingerprint density at radius 2 is 1.07 bits per heavy atom. The number of aliphatic carboxylic acids is 1. The van der Waals surface area contributed by atoms with Crippen LogP contribution in [0.15, 0.2) is 4.99 Å². The number of nitrogens with zero attached hydrogens (tertiary/aromatic N) is 3. The quantitative estimate of drug-likeness (QED) is 0.0568. The van der Waals surface area contributed by atoms with Crippen LogP contribution in [0.25, 0.3) is 0 Å². The molecule has 10 amide bonds. The lowest BCUT2D eigenvalue weighted by Crippen LogP contribution is -2.60. The van der Waals surface area contributed by atoms with Gasteiger partial charge in [0, 0.05) is 19.6 Å². The Hall–Kier alpha value is -6.56.